The Balaban J connectivity index is 1.35. The van der Waals surface area contributed by atoms with Crippen LogP contribution >= 0.6 is 46.4 Å². The third-order valence-electron chi connectivity index (χ3n) is 8.07. The number of nitrogens with zero attached hydrogens (tertiary/aromatic N) is 2. The Labute approximate surface area is 244 Å². The van der Waals surface area contributed by atoms with Crippen molar-refractivity contribution in [3.05, 3.63) is 103 Å². The van der Waals surface area contributed by atoms with Gasteiger partial charge in [0.15, 0.2) is 0 Å². The third kappa shape index (κ3) is 5.72. The Morgan fingerprint density at radius 3 is 1.74 bits per heavy atom. The Hall–Kier alpha value is -1.79. The van der Waals surface area contributed by atoms with Crippen LogP contribution < -0.4 is 5.32 Å². The maximum absolute atomic E-state index is 14.1. The second kappa shape index (κ2) is 11.4. The Kier molecular flexibility index (Phi) is 8.31. The van der Waals surface area contributed by atoms with Gasteiger partial charge in [-0.2, -0.15) is 0 Å². The van der Waals surface area contributed by atoms with Crippen LogP contribution in [0.15, 0.2) is 60.7 Å². The molecule has 0 saturated carbocycles. The van der Waals surface area contributed by atoms with E-state index in [0.717, 1.165) is 37.3 Å². The molecule has 38 heavy (non-hydrogen) atoms. The van der Waals surface area contributed by atoms with Crippen molar-refractivity contribution in [2.24, 2.45) is 0 Å². The molecular formula is C30H31Cl4N3O. The highest BCUT2D eigenvalue weighted by molar-refractivity contribution is 6.35. The van der Waals surface area contributed by atoms with E-state index >= 15 is 0 Å². The van der Waals surface area contributed by atoms with Gasteiger partial charge in [-0.25, -0.2) is 0 Å². The molecule has 3 aromatic rings. The zero-order valence-electron chi connectivity index (χ0n) is 21.5. The summed E-state index contributed by atoms with van der Waals surface area (Å²) in [6.45, 7) is 7.43. The van der Waals surface area contributed by atoms with E-state index in [4.69, 9.17) is 46.4 Å². The van der Waals surface area contributed by atoms with E-state index in [1.807, 2.05) is 31.2 Å². The van der Waals surface area contributed by atoms with Crippen LogP contribution in [0, 0.1) is 0 Å². The van der Waals surface area contributed by atoms with Crippen molar-refractivity contribution in [1.82, 2.24) is 15.1 Å². The number of halogens is 4. The van der Waals surface area contributed by atoms with Gasteiger partial charge in [-0.05, 0) is 72.5 Å². The second-order valence-electron chi connectivity index (χ2n) is 10.5. The fraction of sp³-hybridized carbons (Fsp3) is 0.367. The van der Waals surface area contributed by atoms with E-state index < -0.39 is 5.54 Å². The summed E-state index contributed by atoms with van der Waals surface area (Å²) in [6.07, 6.45) is 1.38. The molecule has 1 heterocycles. The van der Waals surface area contributed by atoms with Gasteiger partial charge in [-0.15, -0.1) is 0 Å². The Morgan fingerprint density at radius 1 is 0.763 bits per heavy atom. The summed E-state index contributed by atoms with van der Waals surface area (Å²) in [5.41, 5.74) is 3.83. The van der Waals surface area contributed by atoms with E-state index in [1.165, 1.54) is 11.1 Å². The van der Waals surface area contributed by atoms with E-state index in [9.17, 15) is 4.79 Å². The summed E-state index contributed by atoms with van der Waals surface area (Å²) in [6, 6.07) is 19.5. The third-order valence-corrected chi connectivity index (χ3v) is 8.95. The van der Waals surface area contributed by atoms with Crippen molar-refractivity contribution in [3.63, 3.8) is 0 Å². The van der Waals surface area contributed by atoms with Gasteiger partial charge in [0.2, 0.25) is 5.91 Å². The first-order chi connectivity index (χ1) is 18.1. The minimum Gasteiger partial charge on any atom is -0.348 e. The van der Waals surface area contributed by atoms with Crippen LogP contribution in [-0.4, -0.2) is 47.4 Å². The van der Waals surface area contributed by atoms with Crippen molar-refractivity contribution in [1.29, 1.82) is 0 Å². The van der Waals surface area contributed by atoms with Crippen molar-refractivity contribution in [3.8, 4) is 0 Å². The minimum absolute atomic E-state index is 0.0421. The molecule has 1 fully saturated rings. The van der Waals surface area contributed by atoms with Gasteiger partial charge in [-0.1, -0.05) is 70.7 Å². The lowest BCUT2D eigenvalue weighted by Crippen LogP contribution is -2.64. The van der Waals surface area contributed by atoms with Gasteiger partial charge in [-0.3, -0.25) is 14.6 Å². The number of hydrogen-bond donors (Lipinski definition) is 1. The van der Waals surface area contributed by atoms with Gasteiger partial charge in [0, 0.05) is 65.2 Å². The maximum atomic E-state index is 14.1. The van der Waals surface area contributed by atoms with Gasteiger partial charge < -0.3 is 5.32 Å². The molecule has 2 atom stereocenters. The molecule has 5 rings (SSSR count). The number of fused-ring (bicyclic) bond motifs is 1. The second-order valence-corrected chi connectivity index (χ2v) is 12.2. The highest BCUT2D eigenvalue weighted by Crippen LogP contribution is 2.37. The fourth-order valence-corrected chi connectivity index (χ4v) is 7.01. The van der Waals surface area contributed by atoms with Crippen LogP contribution in [0.3, 0.4) is 0 Å². The molecule has 1 aliphatic heterocycles. The van der Waals surface area contributed by atoms with Crippen molar-refractivity contribution in [2.75, 3.05) is 26.2 Å². The molecule has 0 radical (unpaired) electrons. The number of carbonyl (C=O) groups is 1. The molecule has 1 amide bonds. The van der Waals surface area contributed by atoms with Crippen LogP contribution in [-0.2, 0) is 17.6 Å². The number of benzene rings is 3. The van der Waals surface area contributed by atoms with E-state index in [-0.39, 0.29) is 18.0 Å². The minimum atomic E-state index is -0.644. The smallest absolute Gasteiger partial charge is 0.241 e. The summed E-state index contributed by atoms with van der Waals surface area (Å²) in [5.74, 6) is 0.0421. The number of rotatable bonds is 6. The van der Waals surface area contributed by atoms with E-state index in [0.29, 0.717) is 32.9 Å². The molecule has 0 unspecified atom stereocenters. The van der Waals surface area contributed by atoms with Gasteiger partial charge in [0.1, 0.15) is 5.54 Å². The molecule has 2 aliphatic rings. The predicted octanol–water partition coefficient (Wildman–Crippen LogP) is 7.39. The number of piperazine rings is 1. The lowest BCUT2D eigenvalue weighted by atomic mass is 9.90. The summed E-state index contributed by atoms with van der Waals surface area (Å²) in [5, 5.41) is 5.70. The highest BCUT2D eigenvalue weighted by Gasteiger charge is 2.49. The van der Waals surface area contributed by atoms with E-state index in [2.05, 4.69) is 46.3 Å². The summed E-state index contributed by atoms with van der Waals surface area (Å²) >= 11 is 25.0. The summed E-state index contributed by atoms with van der Waals surface area (Å²) < 4.78 is 0. The maximum Gasteiger partial charge on any atom is 0.241 e. The SMILES string of the molecule is C[C@H](NC(=O)C1(N2CCN([C@@H](C)c3cc(Cl)cc(Cl)c3)CC2)Cc2ccccc2C1)c1cc(Cl)cc(Cl)c1. The van der Waals surface area contributed by atoms with Crippen molar-refractivity contribution < 1.29 is 4.79 Å². The topological polar surface area (TPSA) is 35.6 Å². The predicted molar refractivity (Wildman–Crippen MR) is 158 cm³/mol. The molecule has 4 nitrogen and oxygen atoms in total. The zero-order valence-corrected chi connectivity index (χ0v) is 24.5. The number of carbonyl (C=O) groups excluding carboxylic acids is 1. The van der Waals surface area contributed by atoms with Crippen LogP contribution in [0.1, 0.15) is 48.2 Å². The first-order valence-electron chi connectivity index (χ1n) is 12.9. The van der Waals surface area contributed by atoms with Crippen LogP contribution in [0.2, 0.25) is 20.1 Å². The molecule has 1 N–H and O–H groups in total. The Bertz CT molecular complexity index is 1270. The molecule has 0 spiro atoms. The molecule has 1 saturated heterocycles. The van der Waals surface area contributed by atoms with Crippen LogP contribution in [0.25, 0.3) is 0 Å². The number of hydrogen-bond acceptors (Lipinski definition) is 3. The molecule has 200 valence electrons. The van der Waals surface area contributed by atoms with Crippen molar-refractivity contribution >= 4 is 52.3 Å². The molecule has 8 heteroatoms. The van der Waals surface area contributed by atoms with Crippen molar-refractivity contribution in [2.45, 2.75) is 44.3 Å². The Morgan fingerprint density at radius 2 is 1.24 bits per heavy atom. The van der Waals surface area contributed by atoms with E-state index in [1.54, 1.807) is 12.1 Å². The first kappa shape index (κ1) is 27.8. The van der Waals surface area contributed by atoms with Gasteiger partial charge in [0.05, 0.1) is 6.04 Å². The monoisotopic (exact) mass is 589 g/mol. The average Bonchev–Trinajstić information content (AvgIpc) is 3.28. The van der Waals surface area contributed by atoms with Gasteiger partial charge in [0.25, 0.3) is 0 Å². The molecular weight excluding hydrogens is 560 g/mol. The molecule has 3 aromatic carbocycles. The standard InChI is InChI=1S/C30H31Cl4N3O/c1-19(23-11-25(31)15-26(32)12-23)35-29(38)30(17-21-5-3-4-6-22(21)18-30)37-9-7-36(8-10-37)20(2)24-13-27(33)16-28(34)14-24/h3-6,11-16,19-20H,7-10,17-18H2,1-2H3,(H,35,38)/t19-,20-/m0/s1. The van der Waals surface area contributed by atoms with Crippen LogP contribution in [0.4, 0.5) is 0 Å². The quantitative estimate of drug-likeness (QED) is 0.325. The number of nitrogens with one attached hydrogen (secondary N) is 1. The highest BCUT2D eigenvalue weighted by atomic mass is 35.5. The average molecular weight is 591 g/mol. The van der Waals surface area contributed by atoms with Crippen LogP contribution in [0.5, 0.6) is 0 Å². The fourth-order valence-electron chi connectivity index (χ4n) is 5.93. The summed E-state index contributed by atoms with van der Waals surface area (Å²) in [4.78, 5) is 19.0. The largest absolute Gasteiger partial charge is 0.348 e. The lowest BCUT2D eigenvalue weighted by molar-refractivity contribution is -0.135. The van der Waals surface area contributed by atoms with Gasteiger partial charge >= 0.3 is 0 Å². The zero-order chi connectivity index (χ0) is 27.0. The number of amides is 1. The lowest BCUT2D eigenvalue weighted by Gasteiger charge is -2.46. The normalized spacial score (nSPS) is 19.1. The molecule has 0 aromatic heterocycles. The molecule has 1 aliphatic carbocycles. The molecule has 0 bridgehead atoms. The first-order valence-corrected chi connectivity index (χ1v) is 14.4. The summed E-state index contributed by atoms with van der Waals surface area (Å²) in [7, 11) is 0.